The molecule has 160 valence electrons. The highest BCUT2D eigenvalue weighted by atomic mass is 19.1. The fourth-order valence-corrected chi connectivity index (χ4v) is 2.61. The van der Waals surface area contributed by atoms with E-state index in [0.717, 1.165) is 12.1 Å². The molecule has 2 aromatic rings. The van der Waals surface area contributed by atoms with Gasteiger partial charge in [0.1, 0.15) is 23.4 Å². The topological polar surface area (TPSA) is 90.9 Å². The highest BCUT2D eigenvalue weighted by Gasteiger charge is 2.27. The van der Waals surface area contributed by atoms with Gasteiger partial charge in [0.2, 0.25) is 0 Å². The molecule has 0 aliphatic heterocycles. The SMILES string of the molecule is COc1cc(OC)cc(C(=O)N[C@H](C(=O)OCC(=O)c2ccc(F)cc2)C(C)C)c1. The second-order valence-electron chi connectivity index (χ2n) is 6.83. The number of nitrogens with one attached hydrogen (secondary N) is 1. The zero-order valence-corrected chi connectivity index (χ0v) is 17.2. The molecule has 0 spiro atoms. The number of halogens is 1. The summed E-state index contributed by atoms with van der Waals surface area (Å²) in [5, 5.41) is 2.62. The van der Waals surface area contributed by atoms with Crippen LogP contribution in [0, 0.1) is 11.7 Å². The lowest BCUT2D eigenvalue weighted by molar-refractivity contribution is -0.145. The van der Waals surface area contributed by atoms with Gasteiger partial charge in [0.05, 0.1) is 14.2 Å². The summed E-state index contributed by atoms with van der Waals surface area (Å²) in [5.41, 5.74) is 0.463. The van der Waals surface area contributed by atoms with E-state index in [0.29, 0.717) is 11.5 Å². The molecule has 0 aliphatic carbocycles. The van der Waals surface area contributed by atoms with Gasteiger partial charge in [-0.3, -0.25) is 9.59 Å². The third-order valence-electron chi connectivity index (χ3n) is 4.33. The minimum Gasteiger partial charge on any atom is -0.497 e. The van der Waals surface area contributed by atoms with Crippen LogP contribution < -0.4 is 14.8 Å². The van der Waals surface area contributed by atoms with Crippen LogP contribution >= 0.6 is 0 Å². The Morgan fingerprint density at radius 3 is 2.00 bits per heavy atom. The molecule has 0 heterocycles. The number of hydrogen-bond acceptors (Lipinski definition) is 6. The molecule has 0 aliphatic rings. The van der Waals surface area contributed by atoms with Gasteiger partial charge in [-0.15, -0.1) is 0 Å². The second kappa shape index (κ2) is 10.4. The van der Waals surface area contributed by atoms with E-state index < -0.39 is 36.1 Å². The van der Waals surface area contributed by atoms with Crippen molar-refractivity contribution in [3.8, 4) is 11.5 Å². The molecule has 30 heavy (non-hydrogen) atoms. The van der Waals surface area contributed by atoms with E-state index in [1.807, 2.05) is 0 Å². The van der Waals surface area contributed by atoms with Crippen LogP contribution in [0.1, 0.15) is 34.6 Å². The molecule has 2 aromatic carbocycles. The van der Waals surface area contributed by atoms with E-state index in [1.54, 1.807) is 19.9 Å². The van der Waals surface area contributed by atoms with Crippen molar-refractivity contribution >= 4 is 17.7 Å². The first-order chi connectivity index (χ1) is 14.2. The number of ether oxygens (including phenoxy) is 3. The quantitative estimate of drug-likeness (QED) is 0.498. The molecule has 1 atom stereocenters. The van der Waals surface area contributed by atoms with E-state index in [2.05, 4.69) is 5.32 Å². The summed E-state index contributed by atoms with van der Waals surface area (Å²) >= 11 is 0. The lowest BCUT2D eigenvalue weighted by atomic mass is 10.0. The van der Waals surface area contributed by atoms with E-state index in [-0.39, 0.29) is 17.0 Å². The van der Waals surface area contributed by atoms with Gasteiger partial charge in [0, 0.05) is 17.2 Å². The van der Waals surface area contributed by atoms with Crippen molar-refractivity contribution in [3.05, 3.63) is 59.4 Å². The summed E-state index contributed by atoms with van der Waals surface area (Å²) in [5.74, 6) is -1.66. The largest absolute Gasteiger partial charge is 0.497 e. The molecule has 2 rings (SSSR count). The molecular weight excluding hydrogens is 393 g/mol. The molecule has 0 unspecified atom stereocenters. The molecule has 1 amide bonds. The molecule has 0 bridgehead atoms. The van der Waals surface area contributed by atoms with E-state index >= 15 is 0 Å². The van der Waals surface area contributed by atoms with Crippen LogP contribution in [0.4, 0.5) is 4.39 Å². The minimum atomic E-state index is -0.976. The third kappa shape index (κ3) is 6.04. The average molecular weight is 417 g/mol. The van der Waals surface area contributed by atoms with Crippen molar-refractivity contribution < 1.29 is 33.0 Å². The van der Waals surface area contributed by atoms with Crippen LogP contribution in [-0.2, 0) is 9.53 Å². The summed E-state index contributed by atoms with van der Waals surface area (Å²) < 4.78 is 28.4. The number of esters is 1. The van der Waals surface area contributed by atoms with Gasteiger partial charge in [-0.2, -0.15) is 0 Å². The predicted octanol–water partition coefficient (Wildman–Crippen LogP) is 3.02. The van der Waals surface area contributed by atoms with Crippen LogP contribution in [-0.4, -0.2) is 44.5 Å². The first-order valence-corrected chi connectivity index (χ1v) is 9.24. The first-order valence-electron chi connectivity index (χ1n) is 9.24. The summed E-state index contributed by atoms with van der Waals surface area (Å²) in [4.78, 5) is 37.3. The smallest absolute Gasteiger partial charge is 0.329 e. The van der Waals surface area contributed by atoms with Gasteiger partial charge in [-0.05, 0) is 42.3 Å². The number of carbonyl (C=O) groups excluding carboxylic acids is 3. The number of ketones is 1. The summed E-state index contributed by atoms with van der Waals surface area (Å²) in [6.07, 6.45) is 0. The number of rotatable bonds is 9. The minimum absolute atomic E-state index is 0.220. The van der Waals surface area contributed by atoms with E-state index in [9.17, 15) is 18.8 Å². The molecule has 0 radical (unpaired) electrons. The molecule has 8 heteroatoms. The Hall–Kier alpha value is -3.42. The Kier molecular flexibility index (Phi) is 7.91. The normalized spacial score (nSPS) is 11.5. The zero-order chi connectivity index (χ0) is 22.3. The molecule has 0 saturated carbocycles. The molecule has 0 aromatic heterocycles. The van der Waals surface area contributed by atoms with Gasteiger partial charge in [0.15, 0.2) is 12.4 Å². The Morgan fingerprint density at radius 2 is 1.50 bits per heavy atom. The third-order valence-corrected chi connectivity index (χ3v) is 4.33. The summed E-state index contributed by atoms with van der Waals surface area (Å²) in [6, 6.07) is 8.58. The van der Waals surface area contributed by atoms with Gasteiger partial charge >= 0.3 is 5.97 Å². The van der Waals surface area contributed by atoms with Crippen molar-refractivity contribution in [2.75, 3.05) is 20.8 Å². The van der Waals surface area contributed by atoms with Crippen LogP contribution in [0.5, 0.6) is 11.5 Å². The maximum atomic E-state index is 13.0. The second-order valence-corrected chi connectivity index (χ2v) is 6.83. The number of amides is 1. The summed E-state index contributed by atoms with van der Waals surface area (Å²) in [7, 11) is 2.92. The number of hydrogen-bond donors (Lipinski definition) is 1. The Balaban J connectivity index is 2.06. The Labute approximate surface area is 174 Å². The molecule has 0 saturated heterocycles. The van der Waals surface area contributed by atoms with E-state index in [4.69, 9.17) is 14.2 Å². The Bertz CT molecular complexity index is 888. The first kappa shape index (κ1) is 22.9. The lowest BCUT2D eigenvalue weighted by Crippen LogP contribution is -2.45. The van der Waals surface area contributed by atoms with Gasteiger partial charge in [0.25, 0.3) is 5.91 Å². The Morgan fingerprint density at radius 1 is 0.933 bits per heavy atom. The lowest BCUT2D eigenvalue weighted by Gasteiger charge is -2.21. The van der Waals surface area contributed by atoms with Crippen molar-refractivity contribution in [2.45, 2.75) is 19.9 Å². The van der Waals surface area contributed by atoms with Crippen LogP contribution in [0.2, 0.25) is 0 Å². The highest BCUT2D eigenvalue weighted by molar-refractivity contribution is 5.99. The number of benzene rings is 2. The van der Waals surface area contributed by atoms with Gasteiger partial charge < -0.3 is 19.5 Å². The van der Waals surface area contributed by atoms with E-state index in [1.165, 1.54) is 38.5 Å². The van der Waals surface area contributed by atoms with Crippen molar-refractivity contribution in [1.82, 2.24) is 5.32 Å². The molecular formula is C22H24FNO6. The fraction of sp³-hybridized carbons (Fsp3) is 0.318. The molecule has 1 N–H and O–H groups in total. The number of Topliss-reactive ketones (excluding diaryl/α,β-unsaturated/α-hetero) is 1. The molecule has 7 nitrogen and oxygen atoms in total. The molecule has 0 fully saturated rings. The van der Waals surface area contributed by atoms with Crippen LogP contribution in [0.3, 0.4) is 0 Å². The van der Waals surface area contributed by atoms with Gasteiger partial charge in [-0.1, -0.05) is 13.8 Å². The number of methoxy groups -OCH3 is 2. The highest BCUT2D eigenvalue weighted by Crippen LogP contribution is 2.22. The van der Waals surface area contributed by atoms with Crippen LogP contribution in [0.15, 0.2) is 42.5 Å². The number of carbonyl (C=O) groups is 3. The standard InChI is InChI=1S/C22H24FNO6/c1-13(2)20(22(27)30-12-19(25)14-5-7-16(23)8-6-14)24-21(26)15-9-17(28-3)11-18(10-15)29-4/h5-11,13,20H,12H2,1-4H3,(H,24,26)/t20-/m0/s1. The maximum absolute atomic E-state index is 13.0. The fourth-order valence-electron chi connectivity index (χ4n) is 2.61. The van der Waals surface area contributed by atoms with Gasteiger partial charge in [-0.25, -0.2) is 9.18 Å². The maximum Gasteiger partial charge on any atom is 0.329 e. The summed E-state index contributed by atoms with van der Waals surface area (Å²) in [6.45, 7) is 2.96. The van der Waals surface area contributed by atoms with Crippen molar-refractivity contribution in [3.63, 3.8) is 0 Å². The van der Waals surface area contributed by atoms with Crippen molar-refractivity contribution in [2.24, 2.45) is 5.92 Å². The zero-order valence-electron chi connectivity index (χ0n) is 17.2. The van der Waals surface area contributed by atoms with Crippen LogP contribution in [0.25, 0.3) is 0 Å². The monoisotopic (exact) mass is 417 g/mol. The van der Waals surface area contributed by atoms with Crippen molar-refractivity contribution in [1.29, 1.82) is 0 Å². The average Bonchev–Trinajstić information content (AvgIpc) is 2.75. The predicted molar refractivity (Wildman–Crippen MR) is 107 cm³/mol.